The number of nitrogens with one attached hydrogen (secondary N) is 1. The third kappa shape index (κ3) is 4.78. The lowest BCUT2D eigenvalue weighted by atomic mass is 10.1. The van der Waals surface area contributed by atoms with Gasteiger partial charge in [-0.3, -0.25) is 4.79 Å². The number of para-hydroxylation sites is 2. The van der Waals surface area contributed by atoms with E-state index in [-0.39, 0.29) is 11.9 Å². The molecule has 0 saturated heterocycles. The normalized spacial score (nSPS) is 12.0. The zero-order valence-electron chi connectivity index (χ0n) is 18.4. The largest absolute Gasteiger partial charge is 0.491 e. The van der Waals surface area contributed by atoms with Crippen LogP contribution in [0.2, 0.25) is 5.02 Å². The Kier molecular flexibility index (Phi) is 6.47. The number of hydrogen-bond acceptors (Lipinski definition) is 3. The Morgan fingerprint density at radius 1 is 1.09 bits per heavy atom. The van der Waals surface area contributed by atoms with Crippen molar-refractivity contribution < 1.29 is 9.53 Å². The summed E-state index contributed by atoms with van der Waals surface area (Å²) in [4.78, 5) is 17.5. The smallest absolute Gasteiger partial charge is 0.251 e. The molecule has 0 aliphatic heterocycles. The van der Waals surface area contributed by atoms with Gasteiger partial charge in [-0.1, -0.05) is 35.9 Å². The lowest BCUT2D eigenvalue weighted by molar-refractivity contribution is 0.0937. The van der Waals surface area contributed by atoms with Crippen molar-refractivity contribution in [3.05, 3.63) is 94.3 Å². The Balaban J connectivity index is 1.54. The predicted molar refractivity (Wildman–Crippen MR) is 128 cm³/mol. The number of carbonyl (C=O) groups excluding carboxylic acids is 1. The average Bonchev–Trinajstić information content (AvgIpc) is 3.15. The summed E-state index contributed by atoms with van der Waals surface area (Å²) in [5.41, 5.74) is 4.73. The van der Waals surface area contributed by atoms with Crippen molar-refractivity contribution >= 4 is 28.5 Å². The third-order valence-electron chi connectivity index (χ3n) is 5.44. The summed E-state index contributed by atoms with van der Waals surface area (Å²) in [6.45, 7) is 7.15. The van der Waals surface area contributed by atoms with Crippen molar-refractivity contribution in [2.45, 2.75) is 33.4 Å². The van der Waals surface area contributed by atoms with Crippen molar-refractivity contribution in [3.63, 3.8) is 0 Å². The first-order valence-corrected chi connectivity index (χ1v) is 11.0. The molecule has 4 aromatic rings. The second kappa shape index (κ2) is 9.45. The molecule has 1 heterocycles. The zero-order chi connectivity index (χ0) is 22.7. The van der Waals surface area contributed by atoms with Crippen LogP contribution in [0.3, 0.4) is 0 Å². The molecule has 0 aliphatic carbocycles. The van der Waals surface area contributed by atoms with Crippen molar-refractivity contribution in [1.82, 2.24) is 14.9 Å². The molecular formula is C26H26ClN3O2. The van der Waals surface area contributed by atoms with E-state index < -0.39 is 0 Å². The standard InChI is InChI=1S/C26H26ClN3O2/c1-17-8-9-18(2)24(16-17)32-15-14-30-23-7-5-4-6-22(23)29-25(30)19(3)28-26(31)20-10-12-21(27)13-11-20/h4-13,16,19H,14-15H2,1-3H3,(H,28,31). The molecule has 0 aliphatic rings. The molecule has 0 bridgehead atoms. The van der Waals surface area contributed by atoms with Crippen LogP contribution in [0.15, 0.2) is 66.7 Å². The highest BCUT2D eigenvalue weighted by Crippen LogP contribution is 2.23. The molecule has 0 saturated carbocycles. The van der Waals surface area contributed by atoms with E-state index in [1.165, 1.54) is 0 Å². The predicted octanol–water partition coefficient (Wildman–Crippen LogP) is 5.88. The van der Waals surface area contributed by atoms with Crippen LogP contribution in [0.5, 0.6) is 5.75 Å². The number of halogens is 1. The number of rotatable bonds is 7. The van der Waals surface area contributed by atoms with Gasteiger partial charge in [0.15, 0.2) is 0 Å². The molecule has 6 heteroatoms. The minimum absolute atomic E-state index is 0.167. The average molecular weight is 448 g/mol. The number of nitrogens with zero attached hydrogens (tertiary/aromatic N) is 2. The monoisotopic (exact) mass is 447 g/mol. The van der Waals surface area contributed by atoms with Gasteiger partial charge in [0, 0.05) is 10.6 Å². The van der Waals surface area contributed by atoms with Gasteiger partial charge < -0.3 is 14.6 Å². The van der Waals surface area contributed by atoms with E-state index in [0.717, 1.165) is 33.7 Å². The molecule has 0 fully saturated rings. The topological polar surface area (TPSA) is 56.1 Å². The quantitative estimate of drug-likeness (QED) is 0.385. The van der Waals surface area contributed by atoms with Gasteiger partial charge in [-0.05, 0) is 74.4 Å². The number of fused-ring (bicyclic) bond motifs is 1. The number of hydrogen-bond donors (Lipinski definition) is 1. The van der Waals surface area contributed by atoms with Gasteiger partial charge in [-0.2, -0.15) is 0 Å². The van der Waals surface area contributed by atoms with Gasteiger partial charge in [0.2, 0.25) is 0 Å². The third-order valence-corrected chi connectivity index (χ3v) is 5.69. The van der Waals surface area contributed by atoms with Crippen LogP contribution >= 0.6 is 11.6 Å². The number of benzene rings is 3. The molecular weight excluding hydrogens is 422 g/mol. The maximum atomic E-state index is 12.7. The van der Waals surface area contributed by atoms with Crippen LogP contribution in [0, 0.1) is 13.8 Å². The van der Waals surface area contributed by atoms with Crippen LogP contribution in [-0.2, 0) is 6.54 Å². The van der Waals surface area contributed by atoms with E-state index in [2.05, 4.69) is 35.0 Å². The van der Waals surface area contributed by atoms with Crippen LogP contribution in [0.25, 0.3) is 11.0 Å². The first-order chi connectivity index (χ1) is 15.4. The summed E-state index contributed by atoms with van der Waals surface area (Å²) in [5, 5.41) is 3.65. The van der Waals surface area contributed by atoms with Gasteiger partial charge in [-0.25, -0.2) is 4.98 Å². The summed E-state index contributed by atoms with van der Waals surface area (Å²) in [6, 6.07) is 20.7. The molecule has 1 N–H and O–H groups in total. The molecule has 0 radical (unpaired) electrons. The molecule has 32 heavy (non-hydrogen) atoms. The van der Waals surface area contributed by atoms with E-state index in [9.17, 15) is 4.79 Å². The summed E-state index contributed by atoms with van der Waals surface area (Å²) in [5.74, 6) is 1.51. The summed E-state index contributed by atoms with van der Waals surface area (Å²) in [7, 11) is 0. The van der Waals surface area contributed by atoms with Gasteiger partial charge in [0.1, 0.15) is 18.2 Å². The first kappa shape index (κ1) is 21.9. The number of aryl methyl sites for hydroxylation is 2. The zero-order valence-corrected chi connectivity index (χ0v) is 19.2. The molecule has 164 valence electrons. The highest BCUT2D eigenvalue weighted by Gasteiger charge is 2.19. The maximum Gasteiger partial charge on any atom is 0.251 e. The number of imidazole rings is 1. The van der Waals surface area contributed by atoms with Crippen LogP contribution in [-0.4, -0.2) is 22.1 Å². The highest BCUT2D eigenvalue weighted by molar-refractivity contribution is 6.30. The summed E-state index contributed by atoms with van der Waals surface area (Å²) in [6.07, 6.45) is 0. The minimum Gasteiger partial charge on any atom is -0.491 e. The Morgan fingerprint density at radius 2 is 1.84 bits per heavy atom. The second-order valence-corrected chi connectivity index (χ2v) is 8.37. The van der Waals surface area contributed by atoms with E-state index in [1.807, 2.05) is 38.1 Å². The van der Waals surface area contributed by atoms with Gasteiger partial charge in [0.05, 0.1) is 23.6 Å². The molecule has 4 rings (SSSR count). The Labute approximate surface area is 193 Å². The Morgan fingerprint density at radius 3 is 2.62 bits per heavy atom. The van der Waals surface area contributed by atoms with Gasteiger partial charge >= 0.3 is 0 Å². The van der Waals surface area contributed by atoms with E-state index >= 15 is 0 Å². The molecule has 1 atom stereocenters. The molecule has 1 amide bonds. The summed E-state index contributed by atoms with van der Waals surface area (Å²) < 4.78 is 8.21. The number of ether oxygens (including phenoxy) is 1. The molecule has 5 nitrogen and oxygen atoms in total. The van der Waals surface area contributed by atoms with Crippen molar-refractivity contribution in [3.8, 4) is 5.75 Å². The Hall–Kier alpha value is -3.31. The van der Waals surface area contributed by atoms with Crippen LogP contribution < -0.4 is 10.1 Å². The number of aromatic nitrogens is 2. The van der Waals surface area contributed by atoms with Crippen molar-refractivity contribution in [2.24, 2.45) is 0 Å². The number of amides is 1. The second-order valence-electron chi connectivity index (χ2n) is 7.93. The fourth-order valence-corrected chi connectivity index (χ4v) is 3.84. The maximum absolute atomic E-state index is 12.7. The van der Waals surface area contributed by atoms with E-state index in [4.69, 9.17) is 21.3 Å². The first-order valence-electron chi connectivity index (χ1n) is 10.6. The fraction of sp³-hybridized carbons (Fsp3) is 0.231. The van der Waals surface area contributed by atoms with E-state index in [1.54, 1.807) is 24.3 Å². The Bertz CT molecular complexity index is 1250. The van der Waals surface area contributed by atoms with Gasteiger partial charge in [0.25, 0.3) is 5.91 Å². The minimum atomic E-state index is -0.286. The van der Waals surface area contributed by atoms with Crippen molar-refractivity contribution in [1.29, 1.82) is 0 Å². The number of carbonyl (C=O) groups is 1. The molecule has 1 unspecified atom stereocenters. The van der Waals surface area contributed by atoms with Gasteiger partial charge in [-0.15, -0.1) is 0 Å². The van der Waals surface area contributed by atoms with Crippen LogP contribution in [0.4, 0.5) is 0 Å². The molecule has 0 spiro atoms. The lowest BCUT2D eigenvalue weighted by Gasteiger charge is -2.17. The SMILES string of the molecule is Cc1ccc(C)c(OCCn2c(C(C)NC(=O)c3ccc(Cl)cc3)nc3ccccc32)c1. The van der Waals surface area contributed by atoms with E-state index in [0.29, 0.717) is 23.7 Å². The lowest BCUT2D eigenvalue weighted by Crippen LogP contribution is -2.29. The van der Waals surface area contributed by atoms with Crippen molar-refractivity contribution in [2.75, 3.05) is 6.61 Å². The highest BCUT2D eigenvalue weighted by atomic mass is 35.5. The summed E-state index contributed by atoms with van der Waals surface area (Å²) >= 11 is 5.94. The van der Waals surface area contributed by atoms with Crippen LogP contribution in [0.1, 0.15) is 40.3 Å². The fourth-order valence-electron chi connectivity index (χ4n) is 3.72. The molecule has 3 aromatic carbocycles. The molecule has 1 aromatic heterocycles.